The number of unbranched alkanes of at least 4 members (excludes halogenated alkanes) is 1. The van der Waals surface area contributed by atoms with Crippen LogP contribution in [-0.4, -0.2) is 46.8 Å². The fourth-order valence-corrected chi connectivity index (χ4v) is 1.85. The second-order valence-corrected chi connectivity index (χ2v) is 4.91. The molecule has 0 saturated carbocycles. The summed E-state index contributed by atoms with van der Waals surface area (Å²) < 4.78 is 5.44. The molecule has 0 radical (unpaired) electrons. The standard InChI is InChI=1S/C15H22N2O5/c1-3-4-6-22-7-5-11-8-10(2)17-13(14(11)20)15(21)16-9-12(18)19/h8,20H,3-7,9H2,1-2H3,(H,16,21)(H,18,19). The average molecular weight is 310 g/mol. The molecule has 122 valence electrons. The minimum absolute atomic E-state index is 0.162. The Hall–Kier alpha value is -2.15. The number of carboxylic acids is 1. The molecular formula is C15H22N2O5. The maximum atomic E-state index is 11.9. The molecule has 3 N–H and O–H groups in total. The molecule has 1 rings (SSSR count). The number of aromatic hydroxyl groups is 1. The van der Waals surface area contributed by atoms with Gasteiger partial charge in [-0.1, -0.05) is 13.3 Å². The maximum Gasteiger partial charge on any atom is 0.322 e. The van der Waals surface area contributed by atoms with Crippen LogP contribution in [-0.2, 0) is 16.0 Å². The number of hydrogen-bond acceptors (Lipinski definition) is 5. The first-order valence-electron chi connectivity index (χ1n) is 7.23. The third-order valence-corrected chi connectivity index (χ3v) is 2.97. The predicted molar refractivity (Wildman–Crippen MR) is 80.0 cm³/mol. The number of amides is 1. The first-order valence-corrected chi connectivity index (χ1v) is 7.23. The van der Waals surface area contributed by atoms with Crippen LogP contribution in [0.25, 0.3) is 0 Å². The number of ether oxygens (including phenoxy) is 1. The zero-order valence-corrected chi connectivity index (χ0v) is 12.9. The summed E-state index contributed by atoms with van der Waals surface area (Å²) in [6.07, 6.45) is 2.48. The molecule has 1 aromatic heterocycles. The zero-order chi connectivity index (χ0) is 16.5. The highest BCUT2D eigenvalue weighted by Gasteiger charge is 2.17. The topological polar surface area (TPSA) is 109 Å². The van der Waals surface area contributed by atoms with Gasteiger partial charge in [0.25, 0.3) is 5.91 Å². The van der Waals surface area contributed by atoms with E-state index in [0.29, 0.717) is 30.9 Å². The number of aromatic nitrogens is 1. The average Bonchev–Trinajstić information content (AvgIpc) is 2.47. The molecular weight excluding hydrogens is 288 g/mol. The number of hydrogen-bond donors (Lipinski definition) is 3. The van der Waals surface area contributed by atoms with Gasteiger partial charge in [0.2, 0.25) is 0 Å². The van der Waals surface area contributed by atoms with E-state index >= 15 is 0 Å². The van der Waals surface area contributed by atoms with Crippen molar-refractivity contribution in [3.63, 3.8) is 0 Å². The number of rotatable bonds is 9. The summed E-state index contributed by atoms with van der Waals surface area (Å²) in [6, 6.07) is 1.69. The van der Waals surface area contributed by atoms with Crippen LogP contribution in [0.5, 0.6) is 5.75 Å². The molecule has 0 aliphatic heterocycles. The highest BCUT2D eigenvalue weighted by Crippen LogP contribution is 2.22. The number of nitrogens with one attached hydrogen (secondary N) is 1. The lowest BCUT2D eigenvalue weighted by Gasteiger charge is -2.11. The highest BCUT2D eigenvalue weighted by molar-refractivity contribution is 5.96. The van der Waals surface area contributed by atoms with Crippen molar-refractivity contribution < 1.29 is 24.5 Å². The largest absolute Gasteiger partial charge is 0.505 e. The van der Waals surface area contributed by atoms with Crippen molar-refractivity contribution in [1.29, 1.82) is 0 Å². The summed E-state index contributed by atoms with van der Waals surface area (Å²) in [7, 11) is 0. The summed E-state index contributed by atoms with van der Waals surface area (Å²) in [5.41, 5.74) is 0.969. The first-order chi connectivity index (χ1) is 10.5. The van der Waals surface area contributed by atoms with Gasteiger partial charge in [-0.2, -0.15) is 0 Å². The predicted octanol–water partition coefficient (Wildman–Crippen LogP) is 1.27. The monoisotopic (exact) mass is 310 g/mol. The Labute approximate surface area is 129 Å². The van der Waals surface area contributed by atoms with Crippen molar-refractivity contribution in [2.75, 3.05) is 19.8 Å². The number of carboxylic acid groups (broad SMARTS) is 1. The van der Waals surface area contributed by atoms with Crippen molar-refractivity contribution in [3.8, 4) is 5.75 Å². The van der Waals surface area contributed by atoms with Crippen LogP contribution < -0.4 is 5.32 Å². The summed E-state index contributed by atoms with van der Waals surface area (Å²) >= 11 is 0. The van der Waals surface area contributed by atoms with E-state index in [1.807, 2.05) is 0 Å². The molecule has 0 fully saturated rings. The van der Waals surface area contributed by atoms with E-state index in [2.05, 4.69) is 17.2 Å². The van der Waals surface area contributed by atoms with E-state index in [0.717, 1.165) is 12.8 Å². The van der Waals surface area contributed by atoms with Crippen molar-refractivity contribution in [2.24, 2.45) is 0 Å². The van der Waals surface area contributed by atoms with Crippen LogP contribution in [0.1, 0.15) is 41.5 Å². The van der Waals surface area contributed by atoms with Crippen LogP contribution in [0.2, 0.25) is 0 Å². The van der Waals surface area contributed by atoms with Gasteiger partial charge in [0, 0.05) is 17.9 Å². The van der Waals surface area contributed by atoms with Crippen LogP contribution >= 0.6 is 0 Å². The minimum Gasteiger partial charge on any atom is -0.505 e. The molecule has 0 aliphatic carbocycles. The van der Waals surface area contributed by atoms with Gasteiger partial charge in [0.05, 0.1) is 6.61 Å². The molecule has 1 aromatic rings. The molecule has 0 aliphatic rings. The molecule has 0 bridgehead atoms. The number of pyridine rings is 1. The first kappa shape index (κ1) is 17.9. The van der Waals surface area contributed by atoms with Gasteiger partial charge < -0.3 is 20.3 Å². The van der Waals surface area contributed by atoms with Crippen LogP contribution in [0.3, 0.4) is 0 Å². The Bertz CT molecular complexity index is 531. The second kappa shape index (κ2) is 8.99. The van der Waals surface area contributed by atoms with Gasteiger partial charge in [0.1, 0.15) is 12.3 Å². The van der Waals surface area contributed by atoms with E-state index in [4.69, 9.17) is 9.84 Å². The summed E-state index contributed by atoms with van der Waals surface area (Å²) in [5.74, 6) is -2.10. The molecule has 1 heterocycles. The molecule has 0 aromatic carbocycles. The molecule has 7 heteroatoms. The lowest BCUT2D eigenvalue weighted by atomic mass is 10.1. The van der Waals surface area contributed by atoms with Crippen molar-refractivity contribution in [1.82, 2.24) is 10.3 Å². The highest BCUT2D eigenvalue weighted by atomic mass is 16.5. The molecule has 0 spiro atoms. The van der Waals surface area contributed by atoms with Gasteiger partial charge in [-0.25, -0.2) is 4.98 Å². The smallest absolute Gasteiger partial charge is 0.322 e. The van der Waals surface area contributed by atoms with Crippen molar-refractivity contribution in [2.45, 2.75) is 33.1 Å². The molecule has 1 amide bonds. The summed E-state index contributed by atoms with van der Waals surface area (Å²) in [5, 5.41) is 20.9. The second-order valence-electron chi connectivity index (χ2n) is 4.91. The van der Waals surface area contributed by atoms with E-state index < -0.39 is 18.4 Å². The number of nitrogens with zero attached hydrogens (tertiary/aromatic N) is 1. The number of carbonyl (C=O) groups is 2. The van der Waals surface area contributed by atoms with Gasteiger partial charge in [-0.05, 0) is 25.8 Å². The minimum atomic E-state index is -1.16. The molecule has 0 saturated heterocycles. The Morgan fingerprint density at radius 3 is 2.73 bits per heavy atom. The van der Waals surface area contributed by atoms with Crippen molar-refractivity contribution in [3.05, 3.63) is 23.0 Å². The van der Waals surface area contributed by atoms with E-state index in [1.54, 1.807) is 13.0 Å². The van der Waals surface area contributed by atoms with Gasteiger partial charge in [-0.3, -0.25) is 9.59 Å². The Kier molecular flexibility index (Phi) is 7.31. The van der Waals surface area contributed by atoms with E-state index in [-0.39, 0.29) is 11.4 Å². The van der Waals surface area contributed by atoms with E-state index in [9.17, 15) is 14.7 Å². The lowest BCUT2D eigenvalue weighted by molar-refractivity contribution is -0.135. The van der Waals surface area contributed by atoms with Crippen molar-refractivity contribution >= 4 is 11.9 Å². The quantitative estimate of drug-likeness (QED) is 0.593. The fourth-order valence-electron chi connectivity index (χ4n) is 1.85. The number of carbonyl (C=O) groups excluding carboxylic acids is 1. The number of aryl methyl sites for hydroxylation is 1. The van der Waals surface area contributed by atoms with Gasteiger partial charge in [0.15, 0.2) is 5.69 Å². The molecule has 0 unspecified atom stereocenters. The molecule has 7 nitrogen and oxygen atoms in total. The third kappa shape index (κ3) is 5.69. The summed E-state index contributed by atoms with van der Waals surface area (Å²) in [4.78, 5) is 26.3. The summed E-state index contributed by atoms with van der Waals surface area (Å²) in [6.45, 7) is 4.35. The Morgan fingerprint density at radius 1 is 1.36 bits per heavy atom. The van der Waals surface area contributed by atoms with E-state index in [1.165, 1.54) is 0 Å². The Morgan fingerprint density at radius 2 is 2.09 bits per heavy atom. The molecule has 0 atom stereocenters. The number of aliphatic carboxylic acids is 1. The lowest BCUT2D eigenvalue weighted by Crippen LogP contribution is -2.30. The molecule has 22 heavy (non-hydrogen) atoms. The van der Waals surface area contributed by atoms with Crippen LogP contribution in [0.15, 0.2) is 6.07 Å². The van der Waals surface area contributed by atoms with Crippen LogP contribution in [0, 0.1) is 6.92 Å². The maximum absolute atomic E-state index is 11.9. The van der Waals surface area contributed by atoms with Gasteiger partial charge in [-0.15, -0.1) is 0 Å². The van der Waals surface area contributed by atoms with Gasteiger partial charge >= 0.3 is 5.97 Å². The SMILES string of the molecule is CCCCOCCc1cc(C)nc(C(=O)NCC(=O)O)c1O. The fraction of sp³-hybridized carbons (Fsp3) is 0.533. The Balaban J connectivity index is 2.74. The third-order valence-electron chi connectivity index (χ3n) is 2.97. The zero-order valence-electron chi connectivity index (χ0n) is 12.9. The normalized spacial score (nSPS) is 10.5. The van der Waals surface area contributed by atoms with Crippen LogP contribution in [0.4, 0.5) is 0 Å².